The molecular formula is C20H24Cl2N4. The van der Waals surface area contributed by atoms with Gasteiger partial charge < -0.3 is 10.6 Å². The van der Waals surface area contributed by atoms with Crippen molar-refractivity contribution in [1.29, 1.82) is 0 Å². The summed E-state index contributed by atoms with van der Waals surface area (Å²) in [5.74, 6) is 3.09. The number of fused-ring (bicyclic) bond motifs is 1. The first-order chi connectivity index (χ1) is 12.6. The van der Waals surface area contributed by atoms with E-state index in [2.05, 4.69) is 4.90 Å². The number of halogens is 2. The molecule has 0 radical (unpaired) electrons. The summed E-state index contributed by atoms with van der Waals surface area (Å²) >= 11 is 12.5. The largest absolute Gasteiger partial charge is 0.330 e. The fourth-order valence-electron chi connectivity index (χ4n) is 3.99. The van der Waals surface area contributed by atoms with E-state index in [-0.39, 0.29) is 0 Å². The van der Waals surface area contributed by atoms with E-state index in [1.165, 1.54) is 30.5 Å². The van der Waals surface area contributed by atoms with Gasteiger partial charge in [-0.3, -0.25) is 0 Å². The van der Waals surface area contributed by atoms with E-state index in [4.69, 9.17) is 38.9 Å². The molecule has 4 rings (SSSR count). The average molecular weight is 391 g/mol. The molecule has 4 nitrogen and oxygen atoms in total. The summed E-state index contributed by atoms with van der Waals surface area (Å²) in [6, 6.07) is 5.63. The normalized spacial score (nSPS) is 17.5. The number of nitrogens with two attached hydrogens (primary N) is 1. The molecule has 2 heterocycles. The van der Waals surface area contributed by atoms with Crippen molar-refractivity contribution < 1.29 is 0 Å². The van der Waals surface area contributed by atoms with Gasteiger partial charge in [0.2, 0.25) is 0 Å². The average Bonchev–Trinajstić information content (AvgIpc) is 3.32. The Morgan fingerprint density at radius 1 is 1.27 bits per heavy atom. The number of rotatable bonds is 6. The van der Waals surface area contributed by atoms with E-state index in [9.17, 15) is 0 Å². The van der Waals surface area contributed by atoms with E-state index in [1.807, 2.05) is 19.1 Å². The molecule has 6 heteroatoms. The maximum Gasteiger partial charge on any atom is 0.140 e. The summed E-state index contributed by atoms with van der Waals surface area (Å²) in [4.78, 5) is 11.8. The van der Waals surface area contributed by atoms with Crippen molar-refractivity contribution in [2.24, 2.45) is 11.7 Å². The van der Waals surface area contributed by atoms with Crippen LogP contribution in [0.25, 0.3) is 0 Å². The van der Waals surface area contributed by atoms with Gasteiger partial charge in [0, 0.05) is 23.0 Å². The standard InChI is InChI=1S/C20H24Cl2N4/c1-12-24-19(14(6-8-23)10-13-2-3-13)16-7-9-26(20(16)25-12)18-5-4-15(21)11-17(18)22/h4-5,11,13-14H,2-3,6-10,23H2,1H3. The first kappa shape index (κ1) is 18.0. The summed E-state index contributed by atoms with van der Waals surface area (Å²) < 4.78 is 0. The highest BCUT2D eigenvalue weighted by atomic mass is 35.5. The van der Waals surface area contributed by atoms with Gasteiger partial charge in [-0.25, -0.2) is 9.97 Å². The van der Waals surface area contributed by atoms with Crippen LogP contribution in [0.5, 0.6) is 0 Å². The number of aromatic nitrogens is 2. The topological polar surface area (TPSA) is 55.0 Å². The van der Waals surface area contributed by atoms with Crippen LogP contribution in [-0.4, -0.2) is 23.1 Å². The molecule has 2 aromatic rings. The summed E-state index contributed by atoms with van der Waals surface area (Å²) in [6.45, 7) is 3.53. The predicted octanol–water partition coefficient (Wildman–Crippen LogP) is 5.02. The maximum absolute atomic E-state index is 6.46. The lowest BCUT2D eigenvalue weighted by Crippen LogP contribution is -2.16. The molecule has 0 amide bonds. The Hall–Kier alpha value is -1.36. The number of benzene rings is 1. The van der Waals surface area contributed by atoms with Crippen molar-refractivity contribution in [1.82, 2.24) is 9.97 Å². The Labute approximate surface area is 164 Å². The van der Waals surface area contributed by atoms with Crippen LogP contribution in [0.2, 0.25) is 10.0 Å². The van der Waals surface area contributed by atoms with E-state index < -0.39 is 0 Å². The Morgan fingerprint density at radius 3 is 2.77 bits per heavy atom. The number of anilines is 2. The molecule has 2 aliphatic rings. The second-order valence-corrected chi connectivity index (χ2v) is 8.25. The monoisotopic (exact) mass is 390 g/mol. The van der Waals surface area contributed by atoms with Crippen molar-refractivity contribution in [3.63, 3.8) is 0 Å². The van der Waals surface area contributed by atoms with Gasteiger partial charge in [0.25, 0.3) is 0 Å². The van der Waals surface area contributed by atoms with Gasteiger partial charge in [0.15, 0.2) is 0 Å². The summed E-state index contributed by atoms with van der Waals surface area (Å²) in [6.07, 6.45) is 5.82. The molecular weight excluding hydrogens is 367 g/mol. The molecule has 1 aromatic carbocycles. The second kappa shape index (κ2) is 7.34. The van der Waals surface area contributed by atoms with Crippen molar-refractivity contribution in [3.8, 4) is 0 Å². The van der Waals surface area contributed by atoms with Crippen LogP contribution in [0.4, 0.5) is 11.5 Å². The number of aryl methyl sites for hydroxylation is 1. The highest BCUT2D eigenvalue weighted by molar-refractivity contribution is 6.36. The molecule has 1 aromatic heterocycles. The van der Waals surface area contributed by atoms with Crippen molar-refractivity contribution in [3.05, 3.63) is 45.3 Å². The molecule has 0 bridgehead atoms. The van der Waals surface area contributed by atoms with E-state index in [0.717, 1.165) is 42.6 Å². The minimum absolute atomic E-state index is 0.434. The van der Waals surface area contributed by atoms with Crippen LogP contribution in [0, 0.1) is 12.8 Å². The molecule has 0 spiro atoms. The fourth-order valence-corrected chi connectivity index (χ4v) is 4.50. The van der Waals surface area contributed by atoms with Gasteiger partial charge in [-0.2, -0.15) is 0 Å². The molecule has 1 aliphatic carbocycles. The molecule has 0 saturated heterocycles. The van der Waals surface area contributed by atoms with Crippen molar-refractivity contribution in [2.45, 2.75) is 44.9 Å². The molecule has 26 heavy (non-hydrogen) atoms. The van der Waals surface area contributed by atoms with Crippen LogP contribution in [0.1, 0.15) is 48.7 Å². The van der Waals surface area contributed by atoms with Gasteiger partial charge in [-0.15, -0.1) is 0 Å². The lowest BCUT2D eigenvalue weighted by Gasteiger charge is -2.22. The SMILES string of the molecule is Cc1nc(C(CCN)CC2CC2)c2c(n1)N(c1ccc(Cl)cc1Cl)CC2. The zero-order chi connectivity index (χ0) is 18.3. The molecule has 1 saturated carbocycles. The first-order valence-electron chi connectivity index (χ1n) is 9.37. The van der Waals surface area contributed by atoms with Crippen LogP contribution >= 0.6 is 23.2 Å². The lowest BCUT2D eigenvalue weighted by atomic mass is 9.91. The van der Waals surface area contributed by atoms with Gasteiger partial charge in [-0.05, 0) is 56.8 Å². The Balaban J connectivity index is 1.73. The van der Waals surface area contributed by atoms with Gasteiger partial charge in [-0.1, -0.05) is 36.0 Å². The van der Waals surface area contributed by atoms with Crippen molar-refractivity contribution >= 4 is 34.7 Å². The third kappa shape index (κ3) is 3.55. The summed E-state index contributed by atoms with van der Waals surface area (Å²) in [5, 5.41) is 1.30. The minimum Gasteiger partial charge on any atom is -0.330 e. The summed E-state index contributed by atoms with van der Waals surface area (Å²) in [5.41, 5.74) is 9.34. The Morgan fingerprint density at radius 2 is 2.08 bits per heavy atom. The molecule has 1 fully saturated rings. The number of hydrogen-bond donors (Lipinski definition) is 1. The molecule has 1 unspecified atom stereocenters. The predicted molar refractivity (Wildman–Crippen MR) is 108 cm³/mol. The lowest BCUT2D eigenvalue weighted by molar-refractivity contribution is 0.529. The third-order valence-corrected chi connectivity index (χ3v) is 5.93. The Kier molecular flexibility index (Phi) is 5.09. The summed E-state index contributed by atoms with van der Waals surface area (Å²) in [7, 11) is 0. The van der Waals surface area contributed by atoms with Crippen LogP contribution in [0.3, 0.4) is 0 Å². The molecule has 1 atom stereocenters. The van der Waals surface area contributed by atoms with Crippen molar-refractivity contribution in [2.75, 3.05) is 18.0 Å². The first-order valence-corrected chi connectivity index (χ1v) is 10.1. The van der Waals surface area contributed by atoms with Gasteiger partial charge in [0.05, 0.1) is 16.4 Å². The fraction of sp³-hybridized carbons (Fsp3) is 0.500. The smallest absolute Gasteiger partial charge is 0.140 e. The van der Waals surface area contributed by atoms with E-state index in [0.29, 0.717) is 22.5 Å². The Bertz CT molecular complexity index is 820. The van der Waals surface area contributed by atoms with E-state index >= 15 is 0 Å². The zero-order valence-corrected chi connectivity index (χ0v) is 16.5. The van der Waals surface area contributed by atoms with Crippen LogP contribution in [-0.2, 0) is 6.42 Å². The van der Waals surface area contributed by atoms with Crippen LogP contribution < -0.4 is 10.6 Å². The molecule has 2 N–H and O–H groups in total. The third-order valence-electron chi connectivity index (χ3n) is 5.39. The minimum atomic E-state index is 0.434. The zero-order valence-electron chi connectivity index (χ0n) is 15.0. The maximum atomic E-state index is 6.46. The van der Waals surface area contributed by atoms with Gasteiger partial charge >= 0.3 is 0 Å². The highest BCUT2D eigenvalue weighted by Gasteiger charge is 2.33. The highest BCUT2D eigenvalue weighted by Crippen LogP contribution is 2.44. The number of nitrogens with zero attached hydrogens (tertiary/aromatic N) is 3. The van der Waals surface area contributed by atoms with Crippen LogP contribution in [0.15, 0.2) is 18.2 Å². The second-order valence-electron chi connectivity index (χ2n) is 7.41. The molecule has 1 aliphatic heterocycles. The quantitative estimate of drug-likeness (QED) is 0.751. The number of hydrogen-bond acceptors (Lipinski definition) is 4. The van der Waals surface area contributed by atoms with E-state index in [1.54, 1.807) is 6.07 Å². The van der Waals surface area contributed by atoms with Gasteiger partial charge in [0.1, 0.15) is 11.6 Å². The molecule has 138 valence electrons.